The average Bonchev–Trinajstić information content (AvgIpc) is 2.47. The summed E-state index contributed by atoms with van der Waals surface area (Å²) in [5.74, 6) is 0.0609. The Morgan fingerprint density at radius 1 is 1.05 bits per heavy atom. The summed E-state index contributed by atoms with van der Waals surface area (Å²) in [6.07, 6.45) is 4.57. The Labute approximate surface area is 121 Å². The van der Waals surface area contributed by atoms with Crippen LogP contribution < -0.4 is 0 Å². The number of benzene rings is 2. The summed E-state index contributed by atoms with van der Waals surface area (Å²) in [6, 6.07) is 14.3. The zero-order valence-corrected chi connectivity index (χ0v) is 12.3. The Hall–Kier alpha value is -2.15. The Morgan fingerprint density at radius 2 is 1.75 bits per heavy atom. The molecule has 0 aliphatic rings. The van der Waals surface area contributed by atoms with Gasteiger partial charge in [-0.3, -0.25) is 4.79 Å². The van der Waals surface area contributed by atoms with Crippen molar-refractivity contribution in [2.75, 3.05) is 0 Å². The third-order valence-corrected chi connectivity index (χ3v) is 3.47. The molecule has 0 bridgehead atoms. The normalized spacial score (nSPS) is 10.9. The van der Waals surface area contributed by atoms with Gasteiger partial charge in [0.15, 0.2) is 5.78 Å². The van der Waals surface area contributed by atoms with Gasteiger partial charge in [0.05, 0.1) is 0 Å². The van der Waals surface area contributed by atoms with E-state index in [1.807, 2.05) is 50.3 Å². The fourth-order valence-electron chi connectivity index (χ4n) is 2.13. The van der Waals surface area contributed by atoms with E-state index in [9.17, 15) is 4.79 Å². The van der Waals surface area contributed by atoms with Gasteiger partial charge in [0.2, 0.25) is 0 Å². The van der Waals surface area contributed by atoms with Crippen molar-refractivity contribution in [1.29, 1.82) is 0 Å². The van der Waals surface area contributed by atoms with Crippen molar-refractivity contribution in [1.82, 2.24) is 0 Å². The molecule has 0 heterocycles. The Bertz CT molecular complexity index is 633. The molecule has 2 rings (SSSR count). The minimum absolute atomic E-state index is 0.0609. The molecule has 0 aromatic heterocycles. The predicted molar refractivity (Wildman–Crippen MR) is 85.1 cm³/mol. The molecule has 0 fully saturated rings. The molecule has 1 nitrogen and oxygen atoms in total. The first-order valence-electron chi connectivity index (χ1n) is 6.98. The third-order valence-electron chi connectivity index (χ3n) is 3.47. The Kier molecular flexibility index (Phi) is 4.52. The molecule has 102 valence electrons. The van der Waals surface area contributed by atoms with Crippen LogP contribution in [0.25, 0.3) is 6.08 Å². The average molecular weight is 264 g/mol. The van der Waals surface area contributed by atoms with Gasteiger partial charge in [-0.2, -0.15) is 0 Å². The van der Waals surface area contributed by atoms with Crippen molar-refractivity contribution >= 4 is 11.9 Å². The highest BCUT2D eigenvalue weighted by atomic mass is 16.1. The summed E-state index contributed by atoms with van der Waals surface area (Å²) in [6.45, 7) is 6.11. The lowest BCUT2D eigenvalue weighted by Crippen LogP contribution is -1.98. The molecule has 1 heteroatoms. The topological polar surface area (TPSA) is 17.1 Å². The number of hydrogen-bond donors (Lipinski definition) is 0. The summed E-state index contributed by atoms with van der Waals surface area (Å²) in [5.41, 5.74) is 5.28. The van der Waals surface area contributed by atoms with Crippen molar-refractivity contribution in [2.24, 2.45) is 0 Å². The Balaban J connectivity index is 2.17. The second-order valence-electron chi connectivity index (χ2n) is 5.11. The first-order chi connectivity index (χ1) is 9.60. The van der Waals surface area contributed by atoms with Crippen LogP contribution >= 0.6 is 0 Å². The van der Waals surface area contributed by atoms with E-state index in [4.69, 9.17) is 0 Å². The predicted octanol–water partition coefficient (Wildman–Crippen LogP) is 4.76. The van der Waals surface area contributed by atoms with Gasteiger partial charge in [-0.05, 0) is 49.1 Å². The van der Waals surface area contributed by atoms with Crippen molar-refractivity contribution < 1.29 is 4.79 Å². The van der Waals surface area contributed by atoms with E-state index in [-0.39, 0.29) is 5.78 Å². The van der Waals surface area contributed by atoms with Crippen LogP contribution in [0.3, 0.4) is 0 Å². The fraction of sp³-hybridized carbons (Fsp3) is 0.211. The van der Waals surface area contributed by atoms with Crippen LogP contribution in [0, 0.1) is 13.8 Å². The monoisotopic (exact) mass is 264 g/mol. The highest BCUT2D eigenvalue weighted by molar-refractivity contribution is 6.07. The van der Waals surface area contributed by atoms with E-state index >= 15 is 0 Å². The lowest BCUT2D eigenvalue weighted by Gasteiger charge is -2.03. The van der Waals surface area contributed by atoms with Crippen LogP contribution in [0.1, 0.15) is 39.5 Å². The van der Waals surface area contributed by atoms with Crippen LogP contribution in [-0.4, -0.2) is 5.78 Å². The largest absolute Gasteiger partial charge is 0.289 e. The van der Waals surface area contributed by atoms with Crippen LogP contribution in [0.5, 0.6) is 0 Å². The van der Waals surface area contributed by atoms with Crippen molar-refractivity contribution in [2.45, 2.75) is 27.2 Å². The standard InChI is InChI=1S/C19H20O/c1-4-16-7-9-17(10-8-16)11-12-19(20)18-13-14(2)5-6-15(18)3/h5-13H,4H2,1-3H3/b12-11+. The van der Waals surface area contributed by atoms with Crippen LogP contribution in [0.15, 0.2) is 48.5 Å². The highest BCUT2D eigenvalue weighted by Gasteiger charge is 2.05. The lowest BCUT2D eigenvalue weighted by atomic mass is 10.0. The number of allylic oxidation sites excluding steroid dienone is 1. The van der Waals surface area contributed by atoms with Gasteiger partial charge in [-0.1, -0.05) is 55.0 Å². The molecule has 0 N–H and O–H groups in total. The number of aryl methyl sites for hydroxylation is 3. The lowest BCUT2D eigenvalue weighted by molar-refractivity contribution is 0.104. The first-order valence-corrected chi connectivity index (χ1v) is 6.98. The number of carbonyl (C=O) groups is 1. The zero-order chi connectivity index (χ0) is 14.5. The van der Waals surface area contributed by atoms with E-state index < -0.39 is 0 Å². The number of carbonyl (C=O) groups excluding carboxylic acids is 1. The van der Waals surface area contributed by atoms with Crippen molar-refractivity contribution in [3.05, 3.63) is 76.4 Å². The molecule has 20 heavy (non-hydrogen) atoms. The van der Waals surface area contributed by atoms with Gasteiger partial charge in [0.1, 0.15) is 0 Å². The van der Waals surface area contributed by atoms with Gasteiger partial charge in [-0.15, -0.1) is 0 Å². The number of hydrogen-bond acceptors (Lipinski definition) is 1. The SMILES string of the molecule is CCc1ccc(/C=C/C(=O)c2cc(C)ccc2C)cc1. The van der Waals surface area contributed by atoms with Crippen LogP contribution in [0.2, 0.25) is 0 Å². The minimum Gasteiger partial charge on any atom is -0.289 e. The van der Waals surface area contributed by atoms with Gasteiger partial charge in [-0.25, -0.2) is 0 Å². The molecule has 2 aromatic rings. The maximum atomic E-state index is 12.2. The number of ketones is 1. The van der Waals surface area contributed by atoms with E-state index in [1.54, 1.807) is 6.08 Å². The molecule has 0 spiro atoms. The van der Waals surface area contributed by atoms with Gasteiger partial charge < -0.3 is 0 Å². The van der Waals surface area contributed by atoms with Crippen LogP contribution in [-0.2, 0) is 6.42 Å². The molecule has 0 aliphatic carbocycles. The summed E-state index contributed by atoms with van der Waals surface area (Å²) in [4.78, 5) is 12.2. The molecule has 2 aromatic carbocycles. The highest BCUT2D eigenvalue weighted by Crippen LogP contribution is 2.13. The molecule has 0 saturated carbocycles. The summed E-state index contributed by atoms with van der Waals surface area (Å²) >= 11 is 0. The maximum Gasteiger partial charge on any atom is 0.186 e. The third kappa shape index (κ3) is 3.45. The zero-order valence-electron chi connectivity index (χ0n) is 12.3. The van der Waals surface area contributed by atoms with Crippen molar-refractivity contribution in [3.8, 4) is 0 Å². The maximum absolute atomic E-state index is 12.2. The minimum atomic E-state index is 0.0609. The fourth-order valence-corrected chi connectivity index (χ4v) is 2.13. The first kappa shape index (κ1) is 14.3. The molecule has 0 amide bonds. The van der Waals surface area contributed by atoms with E-state index in [2.05, 4.69) is 19.1 Å². The summed E-state index contributed by atoms with van der Waals surface area (Å²) < 4.78 is 0. The van der Waals surface area contributed by atoms with Crippen LogP contribution in [0.4, 0.5) is 0 Å². The molecule has 0 saturated heterocycles. The number of rotatable bonds is 4. The van der Waals surface area contributed by atoms with E-state index in [0.29, 0.717) is 0 Å². The molecule has 0 atom stereocenters. The molecule has 0 aliphatic heterocycles. The summed E-state index contributed by atoms with van der Waals surface area (Å²) in [7, 11) is 0. The van der Waals surface area contributed by atoms with Gasteiger partial charge in [0, 0.05) is 5.56 Å². The second-order valence-corrected chi connectivity index (χ2v) is 5.11. The Morgan fingerprint density at radius 3 is 2.40 bits per heavy atom. The molecule has 0 radical (unpaired) electrons. The second kappa shape index (κ2) is 6.33. The summed E-state index contributed by atoms with van der Waals surface area (Å²) in [5, 5.41) is 0. The smallest absolute Gasteiger partial charge is 0.186 e. The van der Waals surface area contributed by atoms with E-state index in [1.165, 1.54) is 5.56 Å². The molecular formula is C19H20O. The van der Waals surface area contributed by atoms with Gasteiger partial charge in [0.25, 0.3) is 0 Å². The molecular weight excluding hydrogens is 244 g/mol. The molecule has 0 unspecified atom stereocenters. The quantitative estimate of drug-likeness (QED) is 0.574. The van der Waals surface area contributed by atoms with Gasteiger partial charge >= 0.3 is 0 Å². The van der Waals surface area contributed by atoms with Crippen molar-refractivity contribution in [3.63, 3.8) is 0 Å². The van der Waals surface area contributed by atoms with E-state index in [0.717, 1.165) is 28.7 Å².